The molecule has 3 aromatic rings. The molecule has 1 N–H and O–H groups in total. The van der Waals surface area contributed by atoms with Crippen LogP contribution in [0.1, 0.15) is 61.5 Å². The minimum atomic E-state index is -0.201. The van der Waals surface area contributed by atoms with Gasteiger partial charge in [0.1, 0.15) is 17.5 Å². The third-order valence-electron chi connectivity index (χ3n) is 7.57. The van der Waals surface area contributed by atoms with Crippen molar-refractivity contribution >= 4 is 34.1 Å². The van der Waals surface area contributed by atoms with Crippen molar-refractivity contribution in [1.82, 2.24) is 24.4 Å². The molecule has 0 amide bonds. The number of hydrogen-bond acceptors (Lipinski definition) is 8. The maximum atomic E-state index is 13.4. The number of aryl methyl sites for hydroxylation is 1. The number of hydrogen-bond donors (Lipinski definition) is 1. The lowest BCUT2D eigenvalue weighted by atomic mass is 10.0. The lowest BCUT2D eigenvalue weighted by Crippen LogP contribution is -2.50. The molecule has 1 unspecified atom stereocenters. The van der Waals surface area contributed by atoms with Gasteiger partial charge in [0, 0.05) is 49.4 Å². The number of fused-ring (bicyclic) bond motifs is 1. The van der Waals surface area contributed by atoms with Crippen LogP contribution >= 0.6 is 0 Å². The molecule has 9 heteroatoms. The minimum absolute atomic E-state index is 0.101. The first-order valence-corrected chi connectivity index (χ1v) is 12.4. The summed E-state index contributed by atoms with van der Waals surface area (Å²) in [5.74, 6) is 1.85. The molecule has 35 heavy (non-hydrogen) atoms. The van der Waals surface area contributed by atoms with Crippen LogP contribution in [0.5, 0.6) is 0 Å². The maximum absolute atomic E-state index is 13.4. The van der Waals surface area contributed by atoms with Gasteiger partial charge in [-0.05, 0) is 46.2 Å². The van der Waals surface area contributed by atoms with E-state index in [-0.39, 0.29) is 22.9 Å². The fourth-order valence-corrected chi connectivity index (χ4v) is 5.40. The number of Topliss-reactive ketones (excluding diaryl/α,β-unsaturated/α-hetero) is 1. The van der Waals surface area contributed by atoms with E-state index in [0.717, 1.165) is 62.0 Å². The zero-order chi connectivity index (χ0) is 24.7. The van der Waals surface area contributed by atoms with Crippen molar-refractivity contribution in [3.63, 3.8) is 0 Å². The van der Waals surface area contributed by atoms with Crippen molar-refractivity contribution in [3.05, 3.63) is 46.1 Å². The average molecular weight is 476 g/mol. The lowest BCUT2D eigenvalue weighted by molar-refractivity contribution is 0.101. The quantitative estimate of drug-likeness (QED) is 0.558. The highest BCUT2D eigenvalue weighted by Crippen LogP contribution is 2.33. The van der Waals surface area contributed by atoms with Gasteiger partial charge >= 0.3 is 0 Å². The van der Waals surface area contributed by atoms with Crippen LogP contribution in [0.15, 0.2) is 29.5 Å². The Morgan fingerprint density at radius 3 is 2.46 bits per heavy atom. The number of pyridine rings is 2. The summed E-state index contributed by atoms with van der Waals surface area (Å²) < 4.78 is 1.82. The van der Waals surface area contributed by atoms with E-state index in [1.165, 1.54) is 6.92 Å². The largest absolute Gasteiger partial charge is 0.352 e. The SMILES string of the molecule is CC(=O)c1c(C)c2cnc(Nc3cnc(N4CCN(C)C(C)C4)cn3)cc2n(C2CCCC2)c1=O. The van der Waals surface area contributed by atoms with E-state index in [0.29, 0.717) is 23.2 Å². The van der Waals surface area contributed by atoms with Crippen molar-refractivity contribution < 1.29 is 4.79 Å². The molecular weight excluding hydrogens is 442 g/mol. The van der Waals surface area contributed by atoms with Crippen molar-refractivity contribution in [2.24, 2.45) is 0 Å². The molecule has 1 aliphatic heterocycles. The molecule has 1 saturated carbocycles. The Hall–Kier alpha value is -3.33. The summed E-state index contributed by atoms with van der Waals surface area (Å²) in [6, 6.07) is 2.46. The van der Waals surface area contributed by atoms with Gasteiger partial charge < -0.3 is 19.7 Å². The number of rotatable bonds is 5. The Balaban J connectivity index is 1.47. The molecule has 3 aromatic heterocycles. The molecular formula is C26H33N7O2. The predicted molar refractivity (Wildman–Crippen MR) is 138 cm³/mol. The third-order valence-corrected chi connectivity index (χ3v) is 7.57. The second kappa shape index (κ2) is 9.37. The number of aromatic nitrogens is 4. The van der Waals surface area contributed by atoms with E-state index in [1.807, 2.05) is 17.6 Å². The normalized spacial score (nSPS) is 19.4. The third kappa shape index (κ3) is 4.40. The monoisotopic (exact) mass is 475 g/mol. The van der Waals surface area contributed by atoms with E-state index in [1.54, 1.807) is 18.6 Å². The van der Waals surface area contributed by atoms with Gasteiger partial charge in [0.2, 0.25) is 0 Å². The number of nitrogens with zero attached hydrogens (tertiary/aromatic N) is 6. The van der Waals surface area contributed by atoms with Crippen LogP contribution in [0.4, 0.5) is 17.5 Å². The molecule has 184 valence electrons. The summed E-state index contributed by atoms with van der Waals surface area (Å²) >= 11 is 0. The number of carbonyl (C=O) groups is 1. The molecule has 0 spiro atoms. The van der Waals surface area contributed by atoms with Crippen LogP contribution in [0.25, 0.3) is 10.9 Å². The predicted octanol–water partition coefficient (Wildman–Crippen LogP) is 3.70. The van der Waals surface area contributed by atoms with Crippen LogP contribution in [0.3, 0.4) is 0 Å². The Morgan fingerprint density at radius 2 is 1.80 bits per heavy atom. The molecule has 9 nitrogen and oxygen atoms in total. The zero-order valence-corrected chi connectivity index (χ0v) is 20.9. The molecule has 1 saturated heterocycles. The molecule has 0 aromatic carbocycles. The van der Waals surface area contributed by atoms with Crippen molar-refractivity contribution in [3.8, 4) is 0 Å². The molecule has 2 fully saturated rings. The van der Waals surface area contributed by atoms with Crippen LogP contribution in [0, 0.1) is 6.92 Å². The molecule has 1 aliphatic carbocycles. The first-order chi connectivity index (χ1) is 16.8. The van der Waals surface area contributed by atoms with Gasteiger partial charge in [-0.3, -0.25) is 9.59 Å². The summed E-state index contributed by atoms with van der Waals surface area (Å²) in [7, 11) is 2.14. The number of anilines is 3. The van der Waals surface area contributed by atoms with Gasteiger partial charge in [-0.25, -0.2) is 15.0 Å². The Labute approximate surface area is 205 Å². The van der Waals surface area contributed by atoms with Gasteiger partial charge in [0.15, 0.2) is 5.78 Å². The zero-order valence-electron chi connectivity index (χ0n) is 20.9. The van der Waals surface area contributed by atoms with Crippen LogP contribution < -0.4 is 15.8 Å². The number of likely N-dealkylation sites (N-methyl/N-ethyl adjacent to an activating group) is 1. The Morgan fingerprint density at radius 1 is 1.06 bits per heavy atom. The Kier molecular flexibility index (Phi) is 6.27. The van der Waals surface area contributed by atoms with Crippen molar-refractivity contribution in [2.75, 3.05) is 36.9 Å². The van der Waals surface area contributed by atoms with Gasteiger partial charge in [-0.2, -0.15) is 0 Å². The van der Waals surface area contributed by atoms with Crippen molar-refractivity contribution in [2.45, 2.75) is 58.5 Å². The van der Waals surface area contributed by atoms with Gasteiger partial charge in [0.25, 0.3) is 5.56 Å². The van der Waals surface area contributed by atoms with E-state index < -0.39 is 0 Å². The minimum Gasteiger partial charge on any atom is -0.352 e. The first-order valence-electron chi connectivity index (χ1n) is 12.4. The number of nitrogens with one attached hydrogen (secondary N) is 1. The van der Waals surface area contributed by atoms with Crippen LogP contribution in [0.2, 0.25) is 0 Å². The number of ketones is 1. The fraction of sp³-hybridized carbons (Fsp3) is 0.500. The lowest BCUT2D eigenvalue weighted by Gasteiger charge is -2.38. The standard InChI is InChI=1S/C26H33N7O2/c1-16-15-32(10-9-31(16)4)24-14-28-23(13-29-24)30-22-11-21-20(12-27-22)17(2)25(18(3)34)26(35)33(21)19-7-5-6-8-19/h11-14,16,19H,5-10,15H2,1-4H3,(H,27,28,30). The molecule has 0 radical (unpaired) electrons. The molecule has 1 atom stereocenters. The van der Waals surface area contributed by atoms with E-state index in [9.17, 15) is 9.59 Å². The molecule has 2 aliphatic rings. The summed E-state index contributed by atoms with van der Waals surface area (Å²) in [6.07, 6.45) is 9.32. The summed E-state index contributed by atoms with van der Waals surface area (Å²) in [5.41, 5.74) is 1.57. The van der Waals surface area contributed by atoms with Gasteiger partial charge in [-0.15, -0.1) is 0 Å². The fourth-order valence-electron chi connectivity index (χ4n) is 5.40. The highest BCUT2D eigenvalue weighted by Gasteiger charge is 2.25. The van der Waals surface area contributed by atoms with Gasteiger partial charge in [-0.1, -0.05) is 12.8 Å². The highest BCUT2D eigenvalue weighted by atomic mass is 16.1. The maximum Gasteiger partial charge on any atom is 0.262 e. The average Bonchev–Trinajstić information content (AvgIpc) is 3.35. The summed E-state index contributed by atoms with van der Waals surface area (Å²) in [5, 5.41) is 4.07. The van der Waals surface area contributed by atoms with E-state index in [2.05, 4.69) is 44.0 Å². The summed E-state index contributed by atoms with van der Waals surface area (Å²) in [6.45, 7) is 8.35. The van der Waals surface area contributed by atoms with Gasteiger partial charge in [0.05, 0.1) is 23.5 Å². The topological polar surface area (TPSA) is 96.2 Å². The molecule has 5 rings (SSSR count). The smallest absolute Gasteiger partial charge is 0.262 e. The second-order valence-electron chi connectivity index (χ2n) is 9.92. The van der Waals surface area contributed by atoms with Crippen LogP contribution in [-0.2, 0) is 0 Å². The first kappa shape index (κ1) is 23.4. The number of piperazine rings is 1. The summed E-state index contributed by atoms with van der Waals surface area (Å²) in [4.78, 5) is 44.1. The molecule has 4 heterocycles. The number of carbonyl (C=O) groups excluding carboxylic acids is 1. The van der Waals surface area contributed by atoms with Crippen molar-refractivity contribution in [1.29, 1.82) is 0 Å². The highest BCUT2D eigenvalue weighted by molar-refractivity contribution is 6.00. The van der Waals surface area contributed by atoms with E-state index >= 15 is 0 Å². The Bertz CT molecular complexity index is 1310. The molecule has 0 bridgehead atoms. The second-order valence-corrected chi connectivity index (χ2v) is 9.92. The van der Waals surface area contributed by atoms with E-state index in [4.69, 9.17) is 0 Å². The van der Waals surface area contributed by atoms with Crippen LogP contribution in [-0.4, -0.2) is 62.9 Å².